The lowest BCUT2D eigenvalue weighted by molar-refractivity contribution is -0.148. The fourth-order valence-electron chi connectivity index (χ4n) is 3.83. The van der Waals surface area contributed by atoms with Crippen LogP contribution < -0.4 is 5.32 Å². The van der Waals surface area contributed by atoms with Gasteiger partial charge in [-0.3, -0.25) is 10.1 Å². The lowest BCUT2D eigenvalue weighted by Gasteiger charge is -2.20. The Morgan fingerprint density at radius 1 is 1.12 bits per heavy atom. The van der Waals surface area contributed by atoms with Crippen molar-refractivity contribution in [2.75, 3.05) is 19.0 Å². The molecule has 2 amide bonds. The van der Waals surface area contributed by atoms with Gasteiger partial charge < -0.3 is 14.7 Å². The molecule has 0 unspecified atom stereocenters. The third-order valence-corrected chi connectivity index (χ3v) is 6.58. The number of rotatable bonds is 7. The fourth-order valence-corrected chi connectivity index (χ4v) is 4.52. The molecule has 0 saturated carbocycles. The highest BCUT2D eigenvalue weighted by molar-refractivity contribution is 7.13. The van der Waals surface area contributed by atoms with Gasteiger partial charge in [-0.25, -0.2) is 14.6 Å². The van der Waals surface area contributed by atoms with Crippen LogP contribution in [0.5, 0.6) is 0 Å². The molecule has 3 aromatic rings. The summed E-state index contributed by atoms with van der Waals surface area (Å²) in [6, 6.07) is 15.3. The molecule has 9 heteroatoms. The van der Waals surface area contributed by atoms with Crippen molar-refractivity contribution in [1.29, 1.82) is 0 Å². The quantitative estimate of drug-likeness (QED) is 0.546. The fraction of sp³-hybridized carbons (Fsp3) is 0.250. The highest BCUT2D eigenvalue weighted by atomic mass is 32.1. The maximum Gasteiger partial charge on any atom is 0.413 e. The number of fused-ring (bicyclic) bond motifs is 3. The number of aliphatic carboxylic acids is 1. The molecule has 0 spiro atoms. The molecule has 1 atom stereocenters. The number of anilines is 1. The molecule has 1 heterocycles. The number of likely N-dealkylation sites (N-methyl/N-ethyl adjacent to an activating group) is 1. The number of nitrogens with zero attached hydrogens (tertiary/aromatic N) is 2. The lowest BCUT2D eigenvalue weighted by Crippen LogP contribution is -2.41. The Hall–Kier alpha value is -3.72. The molecule has 170 valence electrons. The molecule has 0 bridgehead atoms. The van der Waals surface area contributed by atoms with Crippen molar-refractivity contribution in [3.05, 3.63) is 70.7 Å². The standard InChI is InChI=1S/C24H23N3O5S/c1-14(22(29)30)27(2)21(28)11-15-13-33-23(25-15)26-24(31)32-12-20-18-9-5-3-7-16(18)17-8-4-6-10-19(17)20/h3-10,13-14,20H,11-12H2,1-2H3,(H,29,30)(H,25,26,31)/t14-/m0/s1. The number of amides is 2. The molecule has 1 aliphatic rings. The van der Waals surface area contributed by atoms with Gasteiger partial charge >= 0.3 is 12.1 Å². The molecule has 2 aromatic carbocycles. The number of carboxylic acids is 1. The van der Waals surface area contributed by atoms with E-state index in [0.29, 0.717) is 10.8 Å². The smallest absolute Gasteiger partial charge is 0.413 e. The minimum absolute atomic E-state index is 0.0422. The second kappa shape index (κ2) is 9.41. The van der Waals surface area contributed by atoms with Crippen molar-refractivity contribution in [1.82, 2.24) is 9.88 Å². The molecule has 0 fully saturated rings. The first-order chi connectivity index (χ1) is 15.8. The Bertz CT molecular complexity index is 1160. The summed E-state index contributed by atoms with van der Waals surface area (Å²) in [5.41, 5.74) is 5.00. The molecule has 1 aromatic heterocycles. The van der Waals surface area contributed by atoms with Crippen LogP contribution in [0.15, 0.2) is 53.9 Å². The number of carbonyl (C=O) groups is 3. The maximum absolute atomic E-state index is 12.4. The van der Waals surface area contributed by atoms with Crippen LogP contribution in [0.25, 0.3) is 11.1 Å². The molecule has 0 radical (unpaired) electrons. The van der Waals surface area contributed by atoms with E-state index in [-0.39, 0.29) is 24.9 Å². The molecule has 4 rings (SSSR count). The molecular weight excluding hydrogens is 442 g/mol. The molecule has 2 N–H and O–H groups in total. The molecule has 0 aliphatic heterocycles. The van der Waals surface area contributed by atoms with Crippen molar-refractivity contribution in [2.24, 2.45) is 0 Å². The highest BCUT2D eigenvalue weighted by Crippen LogP contribution is 2.44. The Morgan fingerprint density at radius 3 is 2.33 bits per heavy atom. The number of carboxylic acid groups (broad SMARTS) is 1. The topological polar surface area (TPSA) is 109 Å². The third-order valence-electron chi connectivity index (χ3n) is 5.77. The van der Waals surface area contributed by atoms with E-state index in [9.17, 15) is 14.4 Å². The summed E-state index contributed by atoms with van der Waals surface area (Å²) in [6.45, 7) is 1.62. The monoisotopic (exact) mass is 465 g/mol. The van der Waals surface area contributed by atoms with Crippen LogP contribution in [-0.4, -0.2) is 52.7 Å². The van der Waals surface area contributed by atoms with Crippen molar-refractivity contribution >= 4 is 34.4 Å². The van der Waals surface area contributed by atoms with E-state index in [4.69, 9.17) is 9.84 Å². The Balaban J connectivity index is 1.35. The van der Waals surface area contributed by atoms with E-state index < -0.39 is 18.1 Å². The lowest BCUT2D eigenvalue weighted by atomic mass is 9.98. The molecule has 8 nitrogen and oxygen atoms in total. The Kier molecular flexibility index (Phi) is 6.41. The van der Waals surface area contributed by atoms with Crippen molar-refractivity contribution in [3.8, 4) is 11.1 Å². The number of benzene rings is 2. The van der Waals surface area contributed by atoms with Gasteiger partial charge in [0, 0.05) is 18.3 Å². The first kappa shape index (κ1) is 22.5. The van der Waals surface area contributed by atoms with Crippen molar-refractivity contribution in [3.63, 3.8) is 0 Å². The summed E-state index contributed by atoms with van der Waals surface area (Å²) >= 11 is 1.17. The van der Waals surface area contributed by atoms with Gasteiger partial charge in [0.1, 0.15) is 12.6 Å². The molecule has 33 heavy (non-hydrogen) atoms. The Morgan fingerprint density at radius 2 is 1.73 bits per heavy atom. The van der Waals surface area contributed by atoms with E-state index >= 15 is 0 Å². The molecule has 0 saturated heterocycles. The minimum atomic E-state index is -1.08. The van der Waals surface area contributed by atoms with E-state index in [1.54, 1.807) is 5.38 Å². The van der Waals surface area contributed by atoms with Crippen LogP contribution in [-0.2, 0) is 20.7 Å². The zero-order chi connectivity index (χ0) is 23.5. The number of hydrogen-bond acceptors (Lipinski definition) is 6. The first-order valence-electron chi connectivity index (χ1n) is 10.4. The average Bonchev–Trinajstić information content (AvgIpc) is 3.38. The van der Waals surface area contributed by atoms with Gasteiger partial charge in [0.05, 0.1) is 12.1 Å². The van der Waals surface area contributed by atoms with Gasteiger partial charge in [0.15, 0.2) is 5.13 Å². The summed E-state index contributed by atoms with van der Waals surface area (Å²) in [6.07, 6.45) is -0.683. The second-order valence-electron chi connectivity index (χ2n) is 7.79. The largest absolute Gasteiger partial charge is 0.480 e. The Labute approximate surface area is 194 Å². The van der Waals surface area contributed by atoms with E-state index in [1.165, 1.54) is 25.3 Å². The van der Waals surface area contributed by atoms with Crippen molar-refractivity contribution in [2.45, 2.75) is 25.3 Å². The van der Waals surface area contributed by atoms with Crippen LogP contribution in [0.4, 0.5) is 9.93 Å². The van der Waals surface area contributed by atoms with Crippen LogP contribution in [0, 0.1) is 0 Å². The number of aromatic nitrogens is 1. The van der Waals surface area contributed by atoms with E-state index in [0.717, 1.165) is 27.2 Å². The number of carbonyl (C=O) groups excluding carboxylic acids is 2. The zero-order valence-electron chi connectivity index (χ0n) is 18.1. The van der Waals surface area contributed by atoms with E-state index in [1.807, 2.05) is 36.4 Å². The average molecular weight is 466 g/mol. The minimum Gasteiger partial charge on any atom is -0.480 e. The number of ether oxygens (including phenoxy) is 1. The number of nitrogens with one attached hydrogen (secondary N) is 1. The van der Waals surface area contributed by atoms with Crippen LogP contribution in [0.3, 0.4) is 0 Å². The summed E-state index contributed by atoms with van der Waals surface area (Å²) < 4.78 is 5.51. The van der Waals surface area contributed by atoms with Gasteiger partial charge in [-0.05, 0) is 29.2 Å². The van der Waals surface area contributed by atoms with Gasteiger partial charge in [0.2, 0.25) is 5.91 Å². The van der Waals surface area contributed by atoms with E-state index in [2.05, 4.69) is 22.4 Å². The molecular formula is C24H23N3O5S. The SMILES string of the molecule is C[C@@H](C(=O)O)N(C)C(=O)Cc1csc(NC(=O)OCC2c3ccccc3-c3ccccc32)n1. The van der Waals surface area contributed by atoms with Gasteiger partial charge in [-0.15, -0.1) is 11.3 Å². The van der Waals surface area contributed by atoms with Crippen LogP contribution in [0.2, 0.25) is 0 Å². The zero-order valence-corrected chi connectivity index (χ0v) is 19.0. The summed E-state index contributed by atoms with van der Waals surface area (Å²) in [7, 11) is 1.43. The highest BCUT2D eigenvalue weighted by Gasteiger charge is 2.29. The maximum atomic E-state index is 12.4. The van der Waals surface area contributed by atoms with Gasteiger partial charge in [-0.1, -0.05) is 48.5 Å². The third kappa shape index (κ3) is 4.73. The summed E-state index contributed by atoms with van der Waals surface area (Å²) in [5, 5.41) is 13.6. The number of thiazole rings is 1. The normalized spacial score (nSPS) is 13.0. The van der Waals surface area contributed by atoms with Crippen LogP contribution >= 0.6 is 11.3 Å². The van der Waals surface area contributed by atoms with Crippen molar-refractivity contribution < 1.29 is 24.2 Å². The van der Waals surface area contributed by atoms with Gasteiger partial charge in [-0.2, -0.15) is 0 Å². The van der Waals surface area contributed by atoms with Gasteiger partial charge in [0.25, 0.3) is 0 Å². The number of hydrogen-bond donors (Lipinski definition) is 2. The van der Waals surface area contributed by atoms with Crippen LogP contribution in [0.1, 0.15) is 29.7 Å². The second-order valence-corrected chi connectivity index (χ2v) is 8.65. The predicted molar refractivity (Wildman–Crippen MR) is 124 cm³/mol. The first-order valence-corrected chi connectivity index (χ1v) is 11.3. The predicted octanol–water partition coefficient (Wildman–Crippen LogP) is 3.98. The summed E-state index contributed by atoms with van der Waals surface area (Å²) in [4.78, 5) is 41.1. The summed E-state index contributed by atoms with van der Waals surface area (Å²) in [5.74, 6) is -1.50. The molecule has 1 aliphatic carbocycles.